The van der Waals surface area contributed by atoms with Crippen molar-refractivity contribution in [2.24, 2.45) is 5.41 Å². The van der Waals surface area contributed by atoms with E-state index in [0.29, 0.717) is 23.1 Å². The lowest BCUT2D eigenvalue weighted by atomic mass is 9.86. The summed E-state index contributed by atoms with van der Waals surface area (Å²) >= 11 is 0. The van der Waals surface area contributed by atoms with Crippen molar-refractivity contribution in [3.8, 4) is 22.8 Å². The number of hydrogen-bond donors (Lipinski definition) is 3. The van der Waals surface area contributed by atoms with E-state index in [1.165, 1.54) is 25.1 Å². The van der Waals surface area contributed by atoms with Crippen LogP contribution in [0.2, 0.25) is 0 Å². The molecule has 164 valence electrons. The zero-order chi connectivity index (χ0) is 21.8. The molecule has 3 heterocycles. The van der Waals surface area contributed by atoms with Crippen molar-refractivity contribution in [3.63, 3.8) is 0 Å². The maximum absolute atomic E-state index is 12.4. The van der Waals surface area contributed by atoms with Crippen LogP contribution in [0.1, 0.15) is 30.4 Å². The van der Waals surface area contributed by atoms with Crippen molar-refractivity contribution in [1.82, 2.24) is 9.88 Å². The third kappa shape index (κ3) is 3.44. The molecule has 0 amide bonds. The number of nitrogens with zero attached hydrogens (tertiary/aromatic N) is 2. The zero-order valence-corrected chi connectivity index (χ0v) is 17.6. The summed E-state index contributed by atoms with van der Waals surface area (Å²) in [5.74, 6) is -0.944. The van der Waals surface area contributed by atoms with Gasteiger partial charge in [0, 0.05) is 41.9 Å². The molecule has 1 aromatic carbocycles. The van der Waals surface area contributed by atoms with Gasteiger partial charge in [0.2, 0.25) is 5.75 Å². The van der Waals surface area contributed by atoms with Gasteiger partial charge >= 0.3 is 6.16 Å². The molecule has 31 heavy (non-hydrogen) atoms. The zero-order valence-electron chi connectivity index (χ0n) is 17.6. The number of aryl methyl sites for hydroxylation is 1. The van der Waals surface area contributed by atoms with Gasteiger partial charge in [0.15, 0.2) is 5.75 Å². The number of anilines is 1. The fourth-order valence-corrected chi connectivity index (χ4v) is 5.59. The first-order valence-electron chi connectivity index (χ1n) is 10.8. The van der Waals surface area contributed by atoms with Gasteiger partial charge in [-0.15, -0.1) is 0 Å². The second-order valence-electron chi connectivity index (χ2n) is 9.21. The van der Waals surface area contributed by atoms with E-state index in [1.807, 2.05) is 6.07 Å². The van der Waals surface area contributed by atoms with E-state index in [0.717, 1.165) is 43.6 Å². The number of pyridine rings is 1. The molecule has 8 heteroatoms. The van der Waals surface area contributed by atoms with E-state index < -0.39 is 17.5 Å². The minimum atomic E-state index is -1.63. The molecule has 5 rings (SSSR count). The molecule has 2 saturated heterocycles. The lowest BCUT2D eigenvalue weighted by Crippen LogP contribution is -2.29. The summed E-state index contributed by atoms with van der Waals surface area (Å²) in [6.07, 6.45) is 2.96. The van der Waals surface area contributed by atoms with Gasteiger partial charge < -0.3 is 29.7 Å². The number of nitrogens with one attached hydrogen (secondary N) is 1. The molecular formula is C23H27N3O5. The average molecular weight is 425 g/mol. The van der Waals surface area contributed by atoms with Gasteiger partial charge in [0.25, 0.3) is 5.56 Å². The van der Waals surface area contributed by atoms with E-state index in [9.17, 15) is 14.7 Å². The van der Waals surface area contributed by atoms with Crippen molar-refractivity contribution in [2.75, 3.05) is 38.1 Å². The van der Waals surface area contributed by atoms with Crippen molar-refractivity contribution >= 4 is 11.8 Å². The Morgan fingerprint density at radius 2 is 2.00 bits per heavy atom. The summed E-state index contributed by atoms with van der Waals surface area (Å²) in [6.45, 7) is 4.44. The van der Waals surface area contributed by atoms with Gasteiger partial charge in [-0.1, -0.05) is 6.07 Å². The highest BCUT2D eigenvalue weighted by Crippen LogP contribution is 2.43. The molecule has 0 saturated carbocycles. The number of aromatic amines is 1. The molecule has 3 aliphatic rings. The maximum Gasteiger partial charge on any atom is 0.511 e. The van der Waals surface area contributed by atoms with Gasteiger partial charge in [-0.05, 0) is 63.4 Å². The molecule has 0 radical (unpaired) electrons. The molecule has 1 aliphatic carbocycles. The Bertz CT molecular complexity index is 1110. The highest BCUT2D eigenvalue weighted by Gasteiger charge is 2.42. The molecule has 8 nitrogen and oxygen atoms in total. The number of carboxylic acid groups (broad SMARTS) is 1. The predicted octanol–water partition coefficient (Wildman–Crippen LogP) is 2.83. The van der Waals surface area contributed by atoms with Crippen molar-refractivity contribution in [3.05, 3.63) is 39.7 Å². The smallest absolute Gasteiger partial charge is 0.504 e. The quantitative estimate of drug-likeness (QED) is 0.635. The summed E-state index contributed by atoms with van der Waals surface area (Å²) in [7, 11) is 2.19. The summed E-state index contributed by atoms with van der Waals surface area (Å²) in [5.41, 5.74) is 3.92. The molecule has 0 bridgehead atoms. The minimum absolute atomic E-state index is 0.384. The van der Waals surface area contributed by atoms with Crippen LogP contribution in [-0.4, -0.2) is 59.5 Å². The highest BCUT2D eigenvalue weighted by molar-refractivity contribution is 5.75. The summed E-state index contributed by atoms with van der Waals surface area (Å²) in [5, 5.41) is 19.4. The fourth-order valence-electron chi connectivity index (χ4n) is 5.59. The van der Waals surface area contributed by atoms with Crippen LogP contribution in [0.25, 0.3) is 11.3 Å². The molecule has 2 aliphatic heterocycles. The normalized spacial score (nSPS) is 22.9. The number of aromatic hydroxyl groups is 1. The lowest BCUT2D eigenvalue weighted by Gasteiger charge is -2.25. The first-order chi connectivity index (χ1) is 14.8. The fraction of sp³-hybridized carbons (Fsp3) is 0.478. The van der Waals surface area contributed by atoms with Gasteiger partial charge in [-0.2, -0.15) is 0 Å². The Kier molecular flexibility index (Phi) is 4.69. The standard InChI is InChI=1S/C23H27N3O5/c1-25-9-7-23(12-25)8-10-26(13-23)15-5-6-16-14(11-15)3-2-4-17-18(16)24-21(28)20(19(17)27)31-22(29)30/h5-6,11H,2-4,7-10,12-13H2,1H3,(H,29,30)(H2,24,27,28). The number of H-pyrrole nitrogens is 1. The SMILES string of the molecule is CN1CCC2(CCN(c3ccc4c(c3)CCCc3c-4[nH]c(=O)c(OC(=O)O)c3O)C2)C1. The number of rotatable bonds is 2. The molecule has 1 aromatic heterocycles. The van der Waals surface area contributed by atoms with Crippen LogP contribution >= 0.6 is 0 Å². The third-order valence-corrected chi connectivity index (χ3v) is 7.10. The number of benzene rings is 1. The van der Waals surface area contributed by atoms with E-state index in [1.54, 1.807) is 0 Å². The molecule has 2 aromatic rings. The molecule has 3 N–H and O–H groups in total. The summed E-state index contributed by atoms with van der Waals surface area (Å²) in [6, 6.07) is 6.30. The number of ether oxygens (including phenoxy) is 1. The molecule has 1 unspecified atom stereocenters. The Labute approximate surface area is 180 Å². The van der Waals surface area contributed by atoms with Crippen LogP contribution in [0.3, 0.4) is 0 Å². The Morgan fingerprint density at radius 1 is 1.19 bits per heavy atom. The van der Waals surface area contributed by atoms with Crippen molar-refractivity contribution in [2.45, 2.75) is 32.1 Å². The lowest BCUT2D eigenvalue weighted by molar-refractivity contribution is 0.142. The molecule has 1 spiro atoms. The maximum atomic E-state index is 12.4. The molecular weight excluding hydrogens is 398 g/mol. The second-order valence-corrected chi connectivity index (χ2v) is 9.21. The number of aromatic nitrogens is 1. The topological polar surface area (TPSA) is 106 Å². The first-order valence-corrected chi connectivity index (χ1v) is 10.8. The summed E-state index contributed by atoms with van der Waals surface area (Å²) in [4.78, 5) is 30.9. The number of likely N-dealkylation sites (tertiary alicyclic amines) is 1. The second kappa shape index (κ2) is 7.30. The van der Waals surface area contributed by atoms with Gasteiger partial charge in [-0.3, -0.25) is 4.79 Å². The number of hydrogen-bond acceptors (Lipinski definition) is 6. The highest BCUT2D eigenvalue weighted by atomic mass is 16.7. The van der Waals surface area contributed by atoms with Crippen LogP contribution in [0.15, 0.2) is 23.0 Å². The van der Waals surface area contributed by atoms with Gasteiger partial charge in [0.05, 0.1) is 5.69 Å². The first kappa shape index (κ1) is 19.9. The Hall–Kier alpha value is -3.00. The minimum Gasteiger partial charge on any atom is -0.504 e. The third-order valence-electron chi connectivity index (χ3n) is 7.10. The Morgan fingerprint density at radius 3 is 2.74 bits per heavy atom. The van der Waals surface area contributed by atoms with Crippen LogP contribution in [0.4, 0.5) is 10.5 Å². The number of carbonyl (C=O) groups is 1. The Balaban J connectivity index is 1.49. The predicted molar refractivity (Wildman–Crippen MR) is 116 cm³/mol. The van der Waals surface area contributed by atoms with Gasteiger partial charge in [-0.25, -0.2) is 4.79 Å². The largest absolute Gasteiger partial charge is 0.511 e. The van der Waals surface area contributed by atoms with Gasteiger partial charge in [0.1, 0.15) is 0 Å². The van der Waals surface area contributed by atoms with Crippen molar-refractivity contribution in [1.29, 1.82) is 0 Å². The molecule has 2 fully saturated rings. The van der Waals surface area contributed by atoms with Crippen molar-refractivity contribution < 1.29 is 19.7 Å². The van der Waals surface area contributed by atoms with Crippen LogP contribution in [0.5, 0.6) is 11.5 Å². The van der Waals surface area contributed by atoms with Crippen LogP contribution in [-0.2, 0) is 12.8 Å². The summed E-state index contributed by atoms with van der Waals surface area (Å²) < 4.78 is 4.52. The van der Waals surface area contributed by atoms with Crippen LogP contribution < -0.4 is 15.2 Å². The molecule has 1 atom stereocenters. The van der Waals surface area contributed by atoms with E-state index in [4.69, 9.17) is 5.11 Å². The monoisotopic (exact) mass is 425 g/mol. The average Bonchev–Trinajstić information content (AvgIpc) is 3.26. The number of fused-ring (bicyclic) bond motifs is 3. The van der Waals surface area contributed by atoms with Crippen LogP contribution in [0, 0.1) is 5.41 Å². The van der Waals surface area contributed by atoms with E-state index >= 15 is 0 Å². The van der Waals surface area contributed by atoms with E-state index in [2.05, 4.69) is 38.7 Å². The van der Waals surface area contributed by atoms with E-state index in [-0.39, 0.29) is 5.75 Å².